The molecule has 4 aromatic rings. The largest absolute Gasteiger partial charge is 0.382 e. The van der Waals surface area contributed by atoms with Gasteiger partial charge in [-0.2, -0.15) is 0 Å². The summed E-state index contributed by atoms with van der Waals surface area (Å²) in [5.41, 5.74) is 9.88. The average molecular weight is 412 g/mol. The second kappa shape index (κ2) is 9.18. The molecular formula is C21H21BN8O. The molecule has 0 aliphatic rings. The van der Waals surface area contributed by atoms with Gasteiger partial charge in [0.15, 0.2) is 19.5 Å². The summed E-state index contributed by atoms with van der Waals surface area (Å²) >= 11 is 0. The van der Waals surface area contributed by atoms with Gasteiger partial charge in [0.05, 0.1) is 35.8 Å². The van der Waals surface area contributed by atoms with Gasteiger partial charge in [-0.25, -0.2) is 15.0 Å². The number of nitrogens with two attached hydrogens (primary N) is 1. The predicted molar refractivity (Wildman–Crippen MR) is 121 cm³/mol. The summed E-state index contributed by atoms with van der Waals surface area (Å²) in [4.78, 5) is 29.7. The molecular weight excluding hydrogens is 391 g/mol. The second-order valence-corrected chi connectivity index (χ2v) is 6.86. The molecule has 0 radical (unpaired) electrons. The minimum absolute atomic E-state index is 0.0530. The highest BCUT2D eigenvalue weighted by molar-refractivity contribution is 6.06. The van der Waals surface area contributed by atoms with Gasteiger partial charge in [-0.1, -0.05) is 24.3 Å². The number of anilines is 2. The highest BCUT2D eigenvalue weighted by Gasteiger charge is 2.17. The molecule has 154 valence electrons. The zero-order chi connectivity index (χ0) is 21.6. The number of hydrogen-bond donors (Lipinski definition) is 3. The zero-order valence-electron chi connectivity index (χ0n) is 17.0. The lowest BCUT2D eigenvalue weighted by molar-refractivity contribution is 0.102. The molecule has 4 N–H and O–H groups in total. The number of pyridine rings is 1. The van der Waals surface area contributed by atoms with E-state index in [0.29, 0.717) is 11.4 Å². The van der Waals surface area contributed by atoms with Crippen LogP contribution in [0.5, 0.6) is 0 Å². The number of rotatable bonds is 7. The van der Waals surface area contributed by atoms with Gasteiger partial charge in [-0.15, -0.1) is 0 Å². The molecule has 0 saturated heterocycles. The fraction of sp³-hybridized carbons (Fsp3) is 0.0952. The van der Waals surface area contributed by atoms with E-state index in [1.165, 1.54) is 5.56 Å². The highest BCUT2D eigenvalue weighted by atomic mass is 16.1. The van der Waals surface area contributed by atoms with Gasteiger partial charge < -0.3 is 20.8 Å². The van der Waals surface area contributed by atoms with Crippen molar-refractivity contribution in [2.75, 3.05) is 17.6 Å². The monoisotopic (exact) mass is 412 g/mol. The van der Waals surface area contributed by atoms with Crippen molar-refractivity contribution >= 4 is 25.4 Å². The molecule has 1 amide bonds. The summed E-state index contributed by atoms with van der Waals surface area (Å²) in [5.74, 6) is -0.410. The van der Waals surface area contributed by atoms with Crippen molar-refractivity contribution < 1.29 is 4.79 Å². The molecule has 0 fully saturated rings. The molecule has 4 rings (SSSR count). The number of amides is 1. The topological polar surface area (TPSA) is 124 Å². The zero-order valence-corrected chi connectivity index (χ0v) is 17.0. The van der Waals surface area contributed by atoms with E-state index < -0.39 is 5.91 Å². The van der Waals surface area contributed by atoms with Crippen molar-refractivity contribution in [2.24, 2.45) is 0 Å². The lowest BCUT2D eigenvalue weighted by atomic mass is 10.1. The third kappa shape index (κ3) is 4.59. The maximum Gasteiger partial charge on any atom is 0.278 e. The first-order valence-electron chi connectivity index (χ1n) is 9.76. The van der Waals surface area contributed by atoms with Crippen LogP contribution in [-0.2, 0) is 6.42 Å². The van der Waals surface area contributed by atoms with Crippen LogP contribution in [0, 0.1) is 0 Å². The van der Waals surface area contributed by atoms with Crippen LogP contribution in [0.2, 0.25) is 0 Å². The number of imidazole rings is 1. The van der Waals surface area contributed by atoms with E-state index >= 15 is 0 Å². The number of nitrogens with one attached hydrogen (secondary N) is 2. The Morgan fingerprint density at radius 2 is 1.94 bits per heavy atom. The number of aromatic nitrogens is 5. The van der Waals surface area contributed by atoms with E-state index in [9.17, 15) is 4.79 Å². The van der Waals surface area contributed by atoms with E-state index in [0.717, 1.165) is 24.2 Å². The molecule has 0 aliphatic carbocycles. The van der Waals surface area contributed by atoms with Gasteiger partial charge in [0.25, 0.3) is 5.91 Å². The fourth-order valence-electron chi connectivity index (χ4n) is 3.11. The predicted octanol–water partition coefficient (Wildman–Crippen LogP) is 1.24. The van der Waals surface area contributed by atoms with Crippen LogP contribution in [0.4, 0.5) is 11.5 Å². The van der Waals surface area contributed by atoms with E-state index in [-0.39, 0.29) is 11.5 Å². The number of hydrogen-bond acceptors (Lipinski definition) is 7. The third-order valence-corrected chi connectivity index (χ3v) is 4.76. The third-order valence-electron chi connectivity index (χ3n) is 4.76. The minimum atomic E-state index is -0.466. The number of nitrogens with zero attached hydrogens (tertiary/aromatic N) is 5. The van der Waals surface area contributed by atoms with E-state index in [1.54, 1.807) is 47.9 Å². The lowest BCUT2D eigenvalue weighted by Gasteiger charge is -2.12. The molecule has 3 heterocycles. The van der Waals surface area contributed by atoms with Crippen LogP contribution in [0.15, 0.2) is 67.6 Å². The normalized spacial score (nSPS) is 10.7. The molecule has 10 heteroatoms. The van der Waals surface area contributed by atoms with Crippen LogP contribution in [0.1, 0.15) is 16.1 Å². The maximum atomic E-state index is 13.0. The summed E-state index contributed by atoms with van der Waals surface area (Å²) in [7, 11) is 1.93. The number of carbonyl (C=O) groups excluding carboxylic acids is 1. The van der Waals surface area contributed by atoms with Crippen LogP contribution in [-0.4, -0.2) is 44.9 Å². The standard InChI is InChI=1S/C21H21BN8O/c22-27-8-5-14-1-3-15(4-2-14)16-12-26-20(23)19(28-16)21(31)29-17-11-24-7-6-18(17)30-10-9-25-13-30/h1-4,6-7,9-13,27H,5,8,22H2,(H2,23,26)(H,29,31). The van der Waals surface area contributed by atoms with Crippen molar-refractivity contribution in [3.8, 4) is 16.9 Å². The van der Waals surface area contributed by atoms with Gasteiger partial charge in [0, 0.05) is 24.2 Å². The van der Waals surface area contributed by atoms with E-state index in [2.05, 4.69) is 30.5 Å². The van der Waals surface area contributed by atoms with Crippen molar-refractivity contribution in [1.29, 1.82) is 0 Å². The average Bonchev–Trinajstić information content (AvgIpc) is 3.33. The first-order valence-corrected chi connectivity index (χ1v) is 9.76. The molecule has 0 bridgehead atoms. The van der Waals surface area contributed by atoms with Crippen LogP contribution in [0.3, 0.4) is 0 Å². The van der Waals surface area contributed by atoms with E-state index in [1.807, 2.05) is 32.2 Å². The quantitative estimate of drug-likeness (QED) is 0.390. The van der Waals surface area contributed by atoms with Gasteiger partial charge in [0.2, 0.25) is 0 Å². The van der Waals surface area contributed by atoms with Crippen LogP contribution in [0.25, 0.3) is 16.9 Å². The first-order chi connectivity index (χ1) is 15.2. The lowest BCUT2D eigenvalue weighted by Crippen LogP contribution is -2.18. The maximum absolute atomic E-state index is 13.0. The summed E-state index contributed by atoms with van der Waals surface area (Å²) in [5, 5.41) is 5.96. The minimum Gasteiger partial charge on any atom is -0.382 e. The summed E-state index contributed by atoms with van der Waals surface area (Å²) in [6, 6.07) is 9.78. The SMILES string of the molecule is BNCCc1ccc(-c2cnc(N)c(C(=O)Nc3cnccc3-n3ccnc3)n2)cc1. The molecule has 1 aromatic carbocycles. The van der Waals surface area contributed by atoms with Gasteiger partial charge in [0.1, 0.15) is 0 Å². The van der Waals surface area contributed by atoms with Crippen LogP contribution >= 0.6 is 0 Å². The Morgan fingerprint density at radius 1 is 1.10 bits per heavy atom. The number of carbonyl (C=O) groups is 1. The Morgan fingerprint density at radius 3 is 2.68 bits per heavy atom. The summed E-state index contributed by atoms with van der Waals surface area (Å²) < 4.78 is 1.78. The Balaban J connectivity index is 1.59. The van der Waals surface area contributed by atoms with Gasteiger partial charge in [-0.3, -0.25) is 9.78 Å². The highest BCUT2D eigenvalue weighted by Crippen LogP contribution is 2.22. The van der Waals surface area contributed by atoms with Crippen molar-refractivity contribution in [3.63, 3.8) is 0 Å². The molecule has 31 heavy (non-hydrogen) atoms. The summed E-state index contributed by atoms with van der Waals surface area (Å²) in [6.45, 7) is 0.904. The molecule has 3 aromatic heterocycles. The van der Waals surface area contributed by atoms with E-state index in [4.69, 9.17) is 5.73 Å². The van der Waals surface area contributed by atoms with Gasteiger partial charge >= 0.3 is 0 Å². The Bertz CT molecular complexity index is 1180. The molecule has 0 unspecified atom stereocenters. The molecule has 0 saturated carbocycles. The van der Waals surface area contributed by atoms with Crippen molar-refractivity contribution in [3.05, 3.63) is 78.9 Å². The molecule has 0 spiro atoms. The van der Waals surface area contributed by atoms with Gasteiger partial charge in [-0.05, 0) is 24.6 Å². The van der Waals surface area contributed by atoms with Crippen molar-refractivity contribution in [1.82, 2.24) is 29.7 Å². The second-order valence-electron chi connectivity index (χ2n) is 6.86. The molecule has 0 atom stereocenters. The Labute approximate surface area is 180 Å². The van der Waals surface area contributed by atoms with Crippen molar-refractivity contribution in [2.45, 2.75) is 6.42 Å². The fourth-order valence-corrected chi connectivity index (χ4v) is 3.11. The number of benzene rings is 1. The number of nitrogen functional groups attached to an aromatic ring is 1. The Hall–Kier alpha value is -4.05. The molecule has 9 nitrogen and oxygen atoms in total. The molecule has 0 aliphatic heterocycles. The summed E-state index contributed by atoms with van der Waals surface area (Å²) in [6.07, 6.45) is 10.8. The van der Waals surface area contributed by atoms with Crippen LogP contribution < -0.4 is 16.3 Å². The first kappa shape index (κ1) is 20.2. The Kier molecular flexibility index (Phi) is 5.99. The smallest absolute Gasteiger partial charge is 0.278 e.